The van der Waals surface area contributed by atoms with Crippen molar-refractivity contribution in [2.45, 2.75) is 19.6 Å². The van der Waals surface area contributed by atoms with Crippen molar-refractivity contribution >= 4 is 0 Å². The maximum absolute atomic E-state index is 9.25. The summed E-state index contributed by atoms with van der Waals surface area (Å²) in [4.78, 5) is 0. The van der Waals surface area contributed by atoms with E-state index in [-0.39, 0.29) is 0 Å². The van der Waals surface area contributed by atoms with E-state index in [1.54, 1.807) is 31.1 Å². The smallest absolute Gasteiger partial charge is 0.165 e. The molecule has 1 aromatic heterocycles. The molecule has 0 fully saturated rings. The third kappa shape index (κ3) is 3.24. The average Bonchev–Trinajstić information content (AvgIpc) is 2.76. The zero-order chi connectivity index (χ0) is 13.0. The van der Waals surface area contributed by atoms with Gasteiger partial charge in [-0.1, -0.05) is 0 Å². The lowest BCUT2D eigenvalue weighted by atomic mass is 10.3. The van der Waals surface area contributed by atoms with E-state index in [9.17, 15) is 5.11 Å². The Balaban J connectivity index is 2.01. The van der Waals surface area contributed by atoms with Crippen molar-refractivity contribution in [1.29, 1.82) is 0 Å². The van der Waals surface area contributed by atoms with Gasteiger partial charge >= 0.3 is 0 Å². The van der Waals surface area contributed by atoms with Gasteiger partial charge in [0.05, 0.1) is 32.2 Å². The SMILES string of the molecule is COc1ccc(Oc2cnn(CC(C)O)c2)cc1. The molecule has 1 aromatic carbocycles. The molecule has 0 aliphatic heterocycles. The Kier molecular flexibility index (Phi) is 3.84. The minimum Gasteiger partial charge on any atom is -0.497 e. The van der Waals surface area contributed by atoms with E-state index in [1.807, 2.05) is 24.3 Å². The first-order valence-corrected chi connectivity index (χ1v) is 5.70. The summed E-state index contributed by atoms with van der Waals surface area (Å²) < 4.78 is 12.3. The molecule has 0 radical (unpaired) electrons. The first-order chi connectivity index (χ1) is 8.67. The van der Waals surface area contributed by atoms with Gasteiger partial charge in [-0.2, -0.15) is 5.10 Å². The van der Waals surface area contributed by atoms with E-state index >= 15 is 0 Å². The molecule has 0 bridgehead atoms. The quantitative estimate of drug-likeness (QED) is 0.880. The van der Waals surface area contributed by atoms with Gasteiger partial charge in [0.25, 0.3) is 0 Å². The number of aliphatic hydroxyl groups excluding tert-OH is 1. The highest BCUT2D eigenvalue weighted by Crippen LogP contribution is 2.23. The number of benzene rings is 1. The first kappa shape index (κ1) is 12.4. The van der Waals surface area contributed by atoms with E-state index in [1.165, 1.54) is 0 Å². The largest absolute Gasteiger partial charge is 0.497 e. The number of rotatable bonds is 5. The highest BCUT2D eigenvalue weighted by molar-refractivity contribution is 5.33. The maximum atomic E-state index is 9.25. The van der Waals surface area contributed by atoms with Gasteiger partial charge in [-0.05, 0) is 31.2 Å². The number of aliphatic hydroxyl groups is 1. The summed E-state index contributed by atoms with van der Waals surface area (Å²) in [5.41, 5.74) is 0. The number of ether oxygens (including phenoxy) is 2. The van der Waals surface area contributed by atoms with Crippen LogP contribution >= 0.6 is 0 Å². The fourth-order valence-corrected chi connectivity index (χ4v) is 1.55. The summed E-state index contributed by atoms with van der Waals surface area (Å²) >= 11 is 0. The van der Waals surface area contributed by atoms with Crippen LogP contribution in [0.2, 0.25) is 0 Å². The molecule has 0 spiro atoms. The van der Waals surface area contributed by atoms with Gasteiger partial charge in [-0.15, -0.1) is 0 Å². The summed E-state index contributed by atoms with van der Waals surface area (Å²) in [5, 5.41) is 13.3. The van der Waals surface area contributed by atoms with Crippen LogP contribution in [0.1, 0.15) is 6.92 Å². The van der Waals surface area contributed by atoms with Crippen molar-refractivity contribution in [1.82, 2.24) is 9.78 Å². The molecule has 1 N–H and O–H groups in total. The second kappa shape index (κ2) is 5.55. The van der Waals surface area contributed by atoms with E-state index < -0.39 is 6.10 Å². The van der Waals surface area contributed by atoms with Gasteiger partial charge < -0.3 is 14.6 Å². The van der Waals surface area contributed by atoms with Gasteiger partial charge in [0.15, 0.2) is 5.75 Å². The van der Waals surface area contributed by atoms with Crippen LogP contribution in [-0.2, 0) is 6.54 Å². The van der Waals surface area contributed by atoms with Crippen LogP contribution in [0.15, 0.2) is 36.7 Å². The van der Waals surface area contributed by atoms with Crippen LogP contribution in [0.3, 0.4) is 0 Å². The van der Waals surface area contributed by atoms with Crippen molar-refractivity contribution in [2.24, 2.45) is 0 Å². The molecular formula is C13H16N2O3. The third-order valence-corrected chi connectivity index (χ3v) is 2.36. The highest BCUT2D eigenvalue weighted by atomic mass is 16.5. The predicted octanol–water partition coefficient (Wildman–Crippen LogP) is 2.06. The third-order valence-electron chi connectivity index (χ3n) is 2.36. The summed E-state index contributed by atoms with van der Waals surface area (Å²) in [6, 6.07) is 7.31. The van der Waals surface area contributed by atoms with Crippen molar-refractivity contribution in [2.75, 3.05) is 7.11 Å². The summed E-state index contributed by atoms with van der Waals surface area (Å²) in [6.07, 6.45) is 2.93. The molecule has 2 rings (SSSR count). The Hall–Kier alpha value is -2.01. The van der Waals surface area contributed by atoms with Crippen LogP contribution in [0.4, 0.5) is 0 Å². The van der Waals surface area contributed by atoms with E-state index in [0.717, 1.165) is 5.75 Å². The number of hydrogen-bond acceptors (Lipinski definition) is 4. The van der Waals surface area contributed by atoms with E-state index in [4.69, 9.17) is 9.47 Å². The van der Waals surface area contributed by atoms with Crippen molar-refractivity contribution in [3.63, 3.8) is 0 Å². The van der Waals surface area contributed by atoms with Gasteiger partial charge in [-0.25, -0.2) is 0 Å². The number of methoxy groups -OCH3 is 1. The first-order valence-electron chi connectivity index (χ1n) is 5.70. The van der Waals surface area contributed by atoms with Crippen LogP contribution < -0.4 is 9.47 Å². The second-order valence-electron chi connectivity index (χ2n) is 4.02. The van der Waals surface area contributed by atoms with E-state index in [2.05, 4.69) is 5.10 Å². The predicted molar refractivity (Wildman–Crippen MR) is 67.0 cm³/mol. The molecule has 0 amide bonds. The van der Waals surface area contributed by atoms with Crippen molar-refractivity contribution in [3.05, 3.63) is 36.7 Å². The Morgan fingerprint density at radius 1 is 1.22 bits per heavy atom. The average molecular weight is 248 g/mol. The fraction of sp³-hybridized carbons (Fsp3) is 0.308. The standard InChI is InChI=1S/C13H16N2O3/c1-10(16)8-15-9-13(7-14-15)18-12-5-3-11(17-2)4-6-12/h3-7,9-10,16H,8H2,1-2H3. The van der Waals surface area contributed by atoms with Crippen LogP contribution in [0.25, 0.3) is 0 Å². The van der Waals surface area contributed by atoms with Crippen molar-refractivity contribution < 1.29 is 14.6 Å². The molecule has 0 aliphatic carbocycles. The molecule has 0 aliphatic rings. The summed E-state index contributed by atoms with van der Waals surface area (Å²) in [7, 11) is 1.62. The molecule has 18 heavy (non-hydrogen) atoms. The summed E-state index contributed by atoms with van der Waals surface area (Å²) in [5.74, 6) is 2.14. The topological polar surface area (TPSA) is 56.5 Å². The molecule has 96 valence electrons. The highest BCUT2D eigenvalue weighted by Gasteiger charge is 2.03. The van der Waals surface area contributed by atoms with Gasteiger partial charge in [-0.3, -0.25) is 4.68 Å². The molecule has 2 aromatic rings. The Labute approximate surface area is 106 Å². The Bertz CT molecular complexity index is 491. The molecule has 5 heteroatoms. The summed E-state index contributed by atoms with van der Waals surface area (Å²) in [6.45, 7) is 2.16. The van der Waals surface area contributed by atoms with E-state index in [0.29, 0.717) is 18.0 Å². The Morgan fingerprint density at radius 2 is 1.89 bits per heavy atom. The normalized spacial score (nSPS) is 12.2. The monoisotopic (exact) mass is 248 g/mol. The molecule has 1 atom stereocenters. The number of nitrogens with zero attached hydrogens (tertiary/aromatic N) is 2. The molecule has 1 heterocycles. The lowest BCUT2D eigenvalue weighted by Crippen LogP contribution is -2.11. The Morgan fingerprint density at radius 3 is 2.50 bits per heavy atom. The minimum absolute atomic E-state index is 0.432. The van der Waals surface area contributed by atoms with Crippen LogP contribution in [-0.4, -0.2) is 28.1 Å². The molecular weight excluding hydrogens is 232 g/mol. The maximum Gasteiger partial charge on any atom is 0.165 e. The lowest BCUT2D eigenvalue weighted by Gasteiger charge is -2.04. The molecule has 5 nitrogen and oxygen atoms in total. The number of hydrogen-bond donors (Lipinski definition) is 1. The molecule has 1 unspecified atom stereocenters. The van der Waals surface area contributed by atoms with Gasteiger partial charge in [0, 0.05) is 0 Å². The van der Waals surface area contributed by atoms with Gasteiger partial charge in [0.1, 0.15) is 11.5 Å². The zero-order valence-corrected chi connectivity index (χ0v) is 10.4. The molecule has 0 saturated carbocycles. The van der Waals surface area contributed by atoms with Crippen molar-refractivity contribution in [3.8, 4) is 17.2 Å². The molecule has 0 saturated heterocycles. The minimum atomic E-state index is -0.432. The lowest BCUT2D eigenvalue weighted by molar-refractivity contribution is 0.168. The zero-order valence-electron chi connectivity index (χ0n) is 10.4. The second-order valence-corrected chi connectivity index (χ2v) is 4.02. The number of aromatic nitrogens is 2. The van der Waals surface area contributed by atoms with Crippen LogP contribution in [0.5, 0.6) is 17.2 Å². The van der Waals surface area contributed by atoms with Crippen LogP contribution in [0, 0.1) is 0 Å². The van der Waals surface area contributed by atoms with Gasteiger partial charge in [0.2, 0.25) is 0 Å². The fourth-order valence-electron chi connectivity index (χ4n) is 1.55.